The lowest BCUT2D eigenvalue weighted by atomic mass is 9.93. The van der Waals surface area contributed by atoms with Gasteiger partial charge in [-0.2, -0.15) is 11.3 Å². The van der Waals surface area contributed by atoms with Crippen molar-refractivity contribution in [3.05, 3.63) is 76.4 Å². The van der Waals surface area contributed by atoms with E-state index in [2.05, 4.69) is 12.2 Å². The number of hydrogen-bond acceptors (Lipinski definition) is 5. The van der Waals surface area contributed by atoms with Gasteiger partial charge in [0.25, 0.3) is 5.91 Å². The minimum atomic E-state index is -1.41. The minimum Gasteiger partial charge on any atom is -0.494 e. The fourth-order valence-corrected chi connectivity index (χ4v) is 3.42. The fraction of sp³-hybridized carbons (Fsp3) is 0.286. The summed E-state index contributed by atoms with van der Waals surface area (Å²) in [4.78, 5) is 12.5. The standard InChI is InChI=1S/C21H23NO4S/c1-2-3-11-25-18-8-6-16(7-9-18)20(23)22-15-21(24,17-10-13-27-14-17)19-5-4-12-26-19/h4-10,12-14,24H,2-3,11,15H2,1H3,(H,22,23)/t21-/m1/s1. The number of thiophene rings is 1. The van der Waals surface area contributed by atoms with Crippen molar-refractivity contribution in [3.63, 3.8) is 0 Å². The molecule has 0 aliphatic carbocycles. The molecular weight excluding hydrogens is 362 g/mol. The van der Waals surface area contributed by atoms with Crippen LogP contribution in [0.4, 0.5) is 0 Å². The first-order chi connectivity index (χ1) is 13.1. The van der Waals surface area contributed by atoms with Crippen molar-refractivity contribution < 1.29 is 19.1 Å². The Kier molecular flexibility index (Phi) is 6.32. The van der Waals surface area contributed by atoms with E-state index in [-0.39, 0.29) is 12.5 Å². The Morgan fingerprint density at radius 3 is 2.70 bits per heavy atom. The van der Waals surface area contributed by atoms with Gasteiger partial charge in [0.05, 0.1) is 19.4 Å². The molecule has 1 amide bonds. The highest BCUT2D eigenvalue weighted by Crippen LogP contribution is 2.31. The monoisotopic (exact) mass is 385 g/mol. The average molecular weight is 385 g/mol. The van der Waals surface area contributed by atoms with Crippen molar-refractivity contribution in [3.8, 4) is 5.75 Å². The van der Waals surface area contributed by atoms with Gasteiger partial charge in [0.2, 0.25) is 0 Å². The van der Waals surface area contributed by atoms with E-state index in [1.54, 1.807) is 36.4 Å². The molecule has 3 aromatic rings. The Hall–Kier alpha value is -2.57. The van der Waals surface area contributed by atoms with E-state index in [4.69, 9.17) is 9.15 Å². The average Bonchev–Trinajstić information content (AvgIpc) is 3.41. The number of furan rings is 1. The van der Waals surface area contributed by atoms with Crippen LogP contribution in [-0.4, -0.2) is 24.2 Å². The molecule has 27 heavy (non-hydrogen) atoms. The van der Waals surface area contributed by atoms with Crippen LogP contribution in [0.3, 0.4) is 0 Å². The molecule has 0 radical (unpaired) electrons. The maximum absolute atomic E-state index is 12.5. The van der Waals surface area contributed by atoms with Crippen LogP contribution in [0.5, 0.6) is 5.75 Å². The van der Waals surface area contributed by atoms with Crippen LogP contribution in [0.2, 0.25) is 0 Å². The zero-order chi connectivity index (χ0) is 19.1. The number of amides is 1. The minimum absolute atomic E-state index is 0.00479. The maximum atomic E-state index is 12.5. The summed E-state index contributed by atoms with van der Waals surface area (Å²) in [5, 5.41) is 17.7. The second kappa shape index (κ2) is 8.88. The van der Waals surface area contributed by atoms with Gasteiger partial charge in [-0.25, -0.2) is 0 Å². The van der Waals surface area contributed by atoms with Gasteiger partial charge in [-0.05, 0) is 59.6 Å². The summed E-state index contributed by atoms with van der Waals surface area (Å²) >= 11 is 1.48. The van der Waals surface area contributed by atoms with Gasteiger partial charge in [-0.1, -0.05) is 13.3 Å². The van der Waals surface area contributed by atoms with Crippen molar-refractivity contribution in [2.45, 2.75) is 25.4 Å². The predicted octanol–water partition coefficient (Wildman–Crippen LogP) is 4.19. The highest BCUT2D eigenvalue weighted by atomic mass is 32.1. The molecule has 0 aliphatic heterocycles. The quantitative estimate of drug-likeness (QED) is 0.542. The van der Waals surface area contributed by atoms with Crippen molar-refractivity contribution in [1.82, 2.24) is 5.32 Å². The summed E-state index contributed by atoms with van der Waals surface area (Å²) < 4.78 is 11.0. The maximum Gasteiger partial charge on any atom is 0.251 e. The number of hydrogen-bond donors (Lipinski definition) is 2. The zero-order valence-corrected chi connectivity index (χ0v) is 16.0. The van der Waals surface area contributed by atoms with Crippen LogP contribution < -0.4 is 10.1 Å². The molecule has 6 heteroatoms. The number of rotatable bonds is 9. The fourth-order valence-electron chi connectivity index (χ4n) is 2.69. The third-order valence-electron chi connectivity index (χ3n) is 4.32. The smallest absolute Gasteiger partial charge is 0.251 e. The van der Waals surface area contributed by atoms with Crippen LogP contribution in [0.15, 0.2) is 63.9 Å². The van der Waals surface area contributed by atoms with Crippen molar-refractivity contribution in [1.29, 1.82) is 0 Å². The largest absolute Gasteiger partial charge is 0.494 e. The number of aliphatic hydroxyl groups is 1. The number of ether oxygens (including phenoxy) is 1. The number of carbonyl (C=O) groups excluding carboxylic acids is 1. The molecule has 1 aromatic carbocycles. The molecule has 0 saturated heterocycles. The summed E-state index contributed by atoms with van der Waals surface area (Å²) in [6, 6.07) is 12.2. The molecule has 2 heterocycles. The van der Waals surface area contributed by atoms with Gasteiger partial charge in [0.15, 0.2) is 5.60 Å². The normalized spacial score (nSPS) is 13.1. The number of carbonyl (C=O) groups is 1. The van der Waals surface area contributed by atoms with Gasteiger partial charge in [0, 0.05) is 11.1 Å². The van der Waals surface area contributed by atoms with Crippen LogP contribution in [-0.2, 0) is 5.60 Å². The Labute approximate surface area is 162 Å². The number of unbranched alkanes of at least 4 members (excludes halogenated alkanes) is 1. The summed E-state index contributed by atoms with van der Waals surface area (Å²) in [5.41, 5.74) is -0.227. The van der Waals surface area contributed by atoms with Crippen LogP contribution in [0.25, 0.3) is 0 Å². The third kappa shape index (κ3) is 4.59. The summed E-state index contributed by atoms with van der Waals surface area (Å²) in [6.45, 7) is 2.78. The first-order valence-electron chi connectivity index (χ1n) is 8.93. The molecule has 1 atom stereocenters. The summed E-state index contributed by atoms with van der Waals surface area (Å²) in [7, 11) is 0. The molecule has 2 N–H and O–H groups in total. The molecule has 5 nitrogen and oxygen atoms in total. The summed E-state index contributed by atoms with van der Waals surface area (Å²) in [6.07, 6.45) is 3.57. The van der Waals surface area contributed by atoms with E-state index in [1.807, 2.05) is 16.8 Å². The molecule has 3 rings (SSSR count). The second-order valence-electron chi connectivity index (χ2n) is 6.26. The van der Waals surface area contributed by atoms with Gasteiger partial charge in [0.1, 0.15) is 11.5 Å². The Bertz CT molecular complexity index is 791. The molecule has 0 aliphatic rings. The first kappa shape index (κ1) is 19.2. The predicted molar refractivity (Wildman–Crippen MR) is 105 cm³/mol. The molecule has 142 valence electrons. The molecule has 2 aromatic heterocycles. The van der Waals surface area contributed by atoms with E-state index in [1.165, 1.54) is 17.6 Å². The van der Waals surface area contributed by atoms with Gasteiger partial charge in [-0.3, -0.25) is 4.79 Å². The summed E-state index contributed by atoms with van der Waals surface area (Å²) in [5.74, 6) is 0.863. The van der Waals surface area contributed by atoms with Gasteiger partial charge < -0.3 is 19.6 Å². The van der Waals surface area contributed by atoms with Crippen LogP contribution in [0.1, 0.15) is 41.4 Å². The Morgan fingerprint density at radius 1 is 1.26 bits per heavy atom. The van der Waals surface area contributed by atoms with E-state index >= 15 is 0 Å². The van der Waals surface area contributed by atoms with Gasteiger partial charge >= 0.3 is 0 Å². The first-order valence-corrected chi connectivity index (χ1v) is 9.88. The van der Waals surface area contributed by atoms with Crippen molar-refractivity contribution >= 4 is 17.2 Å². The lowest BCUT2D eigenvalue weighted by Gasteiger charge is -2.25. The van der Waals surface area contributed by atoms with Crippen LogP contribution >= 0.6 is 11.3 Å². The third-order valence-corrected chi connectivity index (χ3v) is 5.00. The highest BCUT2D eigenvalue weighted by molar-refractivity contribution is 7.08. The lowest BCUT2D eigenvalue weighted by molar-refractivity contribution is 0.0528. The van der Waals surface area contributed by atoms with Crippen molar-refractivity contribution in [2.75, 3.05) is 13.2 Å². The number of benzene rings is 1. The molecular formula is C21H23NO4S. The second-order valence-corrected chi connectivity index (χ2v) is 7.04. The number of nitrogens with one attached hydrogen (secondary N) is 1. The molecule has 0 fully saturated rings. The molecule has 0 unspecified atom stereocenters. The van der Waals surface area contributed by atoms with Crippen molar-refractivity contribution in [2.24, 2.45) is 0 Å². The topological polar surface area (TPSA) is 71.7 Å². The highest BCUT2D eigenvalue weighted by Gasteiger charge is 2.35. The van der Waals surface area contributed by atoms with E-state index in [0.29, 0.717) is 23.5 Å². The van der Waals surface area contributed by atoms with E-state index in [0.717, 1.165) is 18.6 Å². The van der Waals surface area contributed by atoms with Crippen LogP contribution in [0, 0.1) is 0 Å². The molecule has 0 spiro atoms. The van der Waals surface area contributed by atoms with Gasteiger partial charge in [-0.15, -0.1) is 0 Å². The molecule has 0 saturated carbocycles. The van der Waals surface area contributed by atoms with E-state index < -0.39 is 5.60 Å². The Morgan fingerprint density at radius 2 is 2.07 bits per heavy atom. The molecule has 0 bridgehead atoms. The van der Waals surface area contributed by atoms with E-state index in [9.17, 15) is 9.90 Å². The zero-order valence-electron chi connectivity index (χ0n) is 15.2. The SMILES string of the molecule is CCCCOc1ccc(C(=O)NC[C@@](O)(c2ccsc2)c2ccco2)cc1. The Balaban J connectivity index is 1.66. The lowest BCUT2D eigenvalue weighted by Crippen LogP contribution is -2.41.